The molecule has 0 atom stereocenters. The van der Waals surface area contributed by atoms with Gasteiger partial charge in [0.1, 0.15) is 0 Å². The van der Waals surface area contributed by atoms with E-state index in [1.165, 1.54) is 11.3 Å². The van der Waals surface area contributed by atoms with Crippen molar-refractivity contribution >= 4 is 17.3 Å². The SMILES string of the molecule is CCCCOC(=O)c1cc(-c2cccs2)on1. The molecular weight excluding hydrogens is 238 g/mol. The van der Waals surface area contributed by atoms with Crippen molar-refractivity contribution in [3.05, 3.63) is 29.3 Å². The Morgan fingerprint density at radius 2 is 2.47 bits per heavy atom. The zero-order chi connectivity index (χ0) is 12.1. The van der Waals surface area contributed by atoms with Crippen LogP contribution in [0.2, 0.25) is 0 Å². The van der Waals surface area contributed by atoms with Crippen molar-refractivity contribution in [3.8, 4) is 10.6 Å². The number of aromatic nitrogens is 1. The van der Waals surface area contributed by atoms with Crippen LogP contribution in [0.25, 0.3) is 10.6 Å². The first kappa shape index (κ1) is 11.9. The first-order valence-corrected chi connectivity index (χ1v) is 6.37. The molecule has 0 unspecified atom stereocenters. The Hall–Kier alpha value is -1.62. The number of rotatable bonds is 5. The Morgan fingerprint density at radius 1 is 1.59 bits per heavy atom. The molecular formula is C12H13NO3S. The first-order valence-electron chi connectivity index (χ1n) is 5.49. The highest BCUT2D eigenvalue weighted by Crippen LogP contribution is 2.25. The normalized spacial score (nSPS) is 10.4. The van der Waals surface area contributed by atoms with Gasteiger partial charge in [-0.15, -0.1) is 11.3 Å². The molecule has 0 aliphatic heterocycles. The molecule has 2 rings (SSSR count). The number of unbranched alkanes of at least 4 members (excludes halogenated alkanes) is 1. The first-order chi connectivity index (χ1) is 8.31. The van der Waals surface area contributed by atoms with Gasteiger partial charge in [-0.05, 0) is 17.9 Å². The molecule has 0 aliphatic carbocycles. The van der Waals surface area contributed by atoms with E-state index in [4.69, 9.17) is 9.26 Å². The third kappa shape index (κ3) is 2.94. The molecule has 0 bridgehead atoms. The van der Waals surface area contributed by atoms with Crippen LogP contribution in [0.1, 0.15) is 30.3 Å². The second-order valence-corrected chi connectivity index (χ2v) is 4.49. The maximum Gasteiger partial charge on any atom is 0.360 e. The molecule has 5 heteroatoms. The number of carbonyl (C=O) groups excluding carboxylic acids is 1. The zero-order valence-electron chi connectivity index (χ0n) is 9.51. The summed E-state index contributed by atoms with van der Waals surface area (Å²) in [6.07, 6.45) is 1.86. The van der Waals surface area contributed by atoms with Crippen LogP contribution in [0.4, 0.5) is 0 Å². The van der Waals surface area contributed by atoms with E-state index in [-0.39, 0.29) is 5.69 Å². The number of hydrogen-bond acceptors (Lipinski definition) is 5. The van der Waals surface area contributed by atoms with Gasteiger partial charge in [-0.3, -0.25) is 0 Å². The van der Waals surface area contributed by atoms with Crippen LogP contribution in [0, 0.1) is 0 Å². The summed E-state index contributed by atoms with van der Waals surface area (Å²) >= 11 is 1.54. The highest BCUT2D eigenvalue weighted by Gasteiger charge is 2.15. The number of thiophene rings is 1. The van der Waals surface area contributed by atoms with Crippen molar-refractivity contribution in [2.75, 3.05) is 6.61 Å². The monoisotopic (exact) mass is 251 g/mol. The minimum Gasteiger partial charge on any atom is -0.461 e. The third-order valence-corrected chi connectivity index (χ3v) is 3.10. The summed E-state index contributed by atoms with van der Waals surface area (Å²) in [5.74, 6) is 0.174. The molecule has 0 saturated heterocycles. The van der Waals surface area contributed by atoms with Crippen molar-refractivity contribution in [2.45, 2.75) is 19.8 Å². The Morgan fingerprint density at radius 3 is 3.18 bits per heavy atom. The highest BCUT2D eigenvalue weighted by atomic mass is 32.1. The van der Waals surface area contributed by atoms with Gasteiger partial charge in [0.25, 0.3) is 0 Å². The predicted octanol–water partition coefficient (Wildman–Crippen LogP) is 3.36. The summed E-state index contributed by atoms with van der Waals surface area (Å²) in [6.45, 7) is 2.47. The molecule has 0 fully saturated rings. The maximum atomic E-state index is 11.6. The van der Waals surface area contributed by atoms with Crippen LogP contribution in [0.15, 0.2) is 28.1 Å². The fourth-order valence-electron chi connectivity index (χ4n) is 1.29. The van der Waals surface area contributed by atoms with Crippen molar-refractivity contribution in [2.24, 2.45) is 0 Å². The van der Waals surface area contributed by atoms with Crippen LogP contribution in [-0.4, -0.2) is 17.7 Å². The average molecular weight is 251 g/mol. The molecule has 0 amide bonds. The van der Waals surface area contributed by atoms with Crippen molar-refractivity contribution in [3.63, 3.8) is 0 Å². The largest absolute Gasteiger partial charge is 0.461 e. The van der Waals surface area contributed by atoms with E-state index in [9.17, 15) is 4.79 Å². The minimum absolute atomic E-state index is 0.226. The van der Waals surface area contributed by atoms with Gasteiger partial charge in [0.15, 0.2) is 11.5 Å². The van der Waals surface area contributed by atoms with E-state index >= 15 is 0 Å². The molecule has 17 heavy (non-hydrogen) atoms. The van der Waals surface area contributed by atoms with Crippen molar-refractivity contribution in [1.82, 2.24) is 5.16 Å². The van der Waals surface area contributed by atoms with Crippen molar-refractivity contribution in [1.29, 1.82) is 0 Å². The molecule has 0 N–H and O–H groups in total. The number of nitrogens with zero attached hydrogens (tertiary/aromatic N) is 1. The quantitative estimate of drug-likeness (QED) is 0.604. The van der Waals surface area contributed by atoms with Crippen LogP contribution >= 0.6 is 11.3 Å². The molecule has 0 aromatic carbocycles. The third-order valence-electron chi connectivity index (χ3n) is 2.21. The van der Waals surface area contributed by atoms with Gasteiger partial charge in [-0.25, -0.2) is 4.79 Å². The molecule has 0 saturated carbocycles. The van der Waals surface area contributed by atoms with Crippen LogP contribution in [0.5, 0.6) is 0 Å². The Labute approximate surface area is 103 Å². The lowest BCUT2D eigenvalue weighted by Crippen LogP contribution is -2.06. The van der Waals surface area contributed by atoms with Gasteiger partial charge >= 0.3 is 5.97 Å². The maximum absolute atomic E-state index is 11.6. The minimum atomic E-state index is -0.426. The molecule has 0 spiro atoms. The van der Waals surface area contributed by atoms with Gasteiger partial charge in [0.05, 0.1) is 11.5 Å². The van der Waals surface area contributed by atoms with Gasteiger partial charge in [-0.1, -0.05) is 24.6 Å². The Balaban J connectivity index is 2.01. The summed E-state index contributed by atoms with van der Waals surface area (Å²) in [6, 6.07) is 5.44. The van der Waals surface area contributed by atoms with E-state index in [0.717, 1.165) is 17.7 Å². The second kappa shape index (κ2) is 5.63. The lowest BCUT2D eigenvalue weighted by Gasteiger charge is -1.99. The summed E-state index contributed by atoms with van der Waals surface area (Å²) < 4.78 is 10.1. The molecule has 0 aliphatic rings. The fourth-order valence-corrected chi connectivity index (χ4v) is 1.96. The number of ether oxygens (including phenoxy) is 1. The predicted molar refractivity (Wildman–Crippen MR) is 65.0 cm³/mol. The molecule has 90 valence electrons. The lowest BCUT2D eigenvalue weighted by atomic mass is 10.3. The second-order valence-electron chi connectivity index (χ2n) is 3.54. The van der Waals surface area contributed by atoms with E-state index in [2.05, 4.69) is 5.16 Å². The smallest absolute Gasteiger partial charge is 0.360 e. The van der Waals surface area contributed by atoms with E-state index in [1.54, 1.807) is 6.07 Å². The fraction of sp³-hybridized carbons (Fsp3) is 0.333. The lowest BCUT2D eigenvalue weighted by molar-refractivity contribution is 0.0488. The average Bonchev–Trinajstić information content (AvgIpc) is 3.00. The summed E-state index contributed by atoms with van der Waals surface area (Å²) in [4.78, 5) is 12.5. The highest BCUT2D eigenvalue weighted by molar-refractivity contribution is 7.13. The molecule has 2 aromatic rings. The summed E-state index contributed by atoms with van der Waals surface area (Å²) in [5.41, 5.74) is 0.226. The van der Waals surface area contributed by atoms with Gasteiger partial charge < -0.3 is 9.26 Å². The Bertz CT molecular complexity index is 476. The van der Waals surface area contributed by atoms with E-state index in [1.807, 2.05) is 24.4 Å². The van der Waals surface area contributed by atoms with Gasteiger partial charge in [-0.2, -0.15) is 0 Å². The van der Waals surface area contributed by atoms with Gasteiger partial charge in [0.2, 0.25) is 0 Å². The molecule has 0 radical (unpaired) electrons. The van der Waals surface area contributed by atoms with E-state index < -0.39 is 5.97 Å². The molecule has 2 aromatic heterocycles. The van der Waals surface area contributed by atoms with E-state index in [0.29, 0.717) is 12.4 Å². The Kier molecular flexibility index (Phi) is 3.93. The molecule has 4 nitrogen and oxygen atoms in total. The topological polar surface area (TPSA) is 52.3 Å². The number of carbonyl (C=O) groups is 1. The van der Waals surface area contributed by atoms with Crippen molar-refractivity contribution < 1.29 is 14.1 Å². The summed E-state index contributed by atoms with van der Waals surface area (Å²) in [5, 5.41) is 5.65. The van der Waals surface area contributed by atoms with Crippen LogP contribution in [0.3, 0.4) is 0 Å². The molecule has 2 heterocycles. The number of esters is 1. The standard InChI is InChI=1S/C12H13NO3S/c1-2-3-6-15-12(14)9-8-10(16-13-9)11-5-4-7-17-11/h4-5,7-8H,2-3,6H2,1H3. The van der Waals surface area contributed by atoms with Crippen LogP contribution in [-0.2, 0) is 4.74 Å². The zero-order valence-corrected chi connectivity index (χ0v) is 10.3. The number of hydrogen-bond donors (Lipinski definition) is 0. The van der Waals surface area contributed by atoms with Gasteiger partial charge in [0, 0.05) is 6.07 Å². The van der Waals surface area contributed by atoms with Crippen LogP contribution < -0.4 is 0 Å². The summed E-state index contributed by atoms with van der Waals surface area (Å²) in [7, 11) is 0.